The summed E-state index contributed by atoms with van der Waals surface area (Å²) >= 11 is 0.801. The van der Waals surface area contributed by atoms with Gasteiger partial charge >= 0.3 is 5.97 Å². The van der Waals surface area contributed by atoms with Crippen molar-refractivity contribution in [1.29, 1.82) is 0 Å². The molecule has 0 aliphatic carbocycles. The third kappa shape index (κ3) is 2.88. The Kier molecular flexibility index (Phi) is 4.19. The van der Waals surface area contributed by atoms with Crippen molar-refractivity contribution >= 4 is 27.3 Å². The number of carboxylic acids is 1. The van der Waals surface area contributed by atoms with Crippen molar-refractivity contribution < 1.29 is 23.1 Å². The second kappa shape index (κ2) is 5.44. The summed E-state index contributed by atoms with van der Waals surface area (Å²) in [6, 6.07) is 1.42. The Bertz CT molecular complexity index is 612. The lowest BCUT2D eigenvalue weighted by Crippen LogP contribution is -2.47. The van der Waals surface area contributed by atoms with Gasteiger partial charge in [0.25, 0.3) is 10.0 Å². The number of thiophene rings is 1. The largest absolute Gasteiger partial charge is 0.477 e. The molecule has 1 N–H and O–H groups in total. The van der Waals surface area contributed by atoms with Crippen LogP contribution in [0.15, 0.2) is 10.3 Å². The van der Waals surface area contributed by atoms with Crippen LogP contribution in [0.2, 0.25) is 0 Å². The fourth-order valence-corrected chi connectivity index (χ4v) is 5.37. The van der Waals surface area contributed by atoms with Gasteiger partial charge in [0.15, 0.2) is 0 Å². The molecule has 0 saturated carbocycles. The molecule has 20 heavy (non-hydrogen) atoms. The van der Waals surface area contributed by atoms with E-state index in [0.717, 1.165) is 11.3 Å². The molecule has 1 aliphatic heterocycles. The van der Waals surface area contributed by atoms with Gasteiger partial charge in [-0.2, -0.15) is 4.31 Å². The molecule has 1 aliphatic rings. The van der Waals surface area contributed by atoms with Crippen LogP contribution in [0.25, 0.3) is 0 Å². The predicted molar refractivity (Wildman–Crippen MR) is 74.8 cm³/mol. The highest BCUT2D eigenvalue weighted by Gasteiger charge is 2.34. The lowest BCUT2D eigenvalue weighted by atomic mass is 10.3. The molecule has 6 nitrogen and oxygen atoms in total. The monoisotopic (exact) mass is 319 g/mol. The topological polar surface area (TPSA) is 83.9 Å². The number of carbonyl (C=O) groups is 1. The van der Waals surface area contributed by atoms with Crippen LogP contribution in [0.4, 0.5) is 0 Å². The number of aromatic carboxylic acids is 1. The first kappa shape index (κ1) is 15.4. The molecule has 2 atom stereocenters. The third-order valence-electron chi connectivity index (χ3n) is 3.07. The highest BCUT2D eigenvalue weighted by Crippen LogP contribution is 2.30. The first-order valence-corrected chi connectivity index (χ1v) is 8.46. The number of nitrogens with zero attached hydrogens (tertiary/aromatic N) is 1. The van der Waals surface area contributed by atoms with E-state index in [1.807, 2.05) is 13.8 Å². The number of aryl methyl sites for hydroxylation is 1. The van der Waals surface area contributed by atoms with Crippen molar-refractivity contribution in [2.75, 3.05) is 13.1 Å². The van der Waals surface area contributed by atoms with Crippen molar-refractivity contribution in [2.45, 2.75) is 37.2 Å². The highest BCUT2D eigenvalue weighted by atomic mass is 32.2. The zero-order valence-electron chi connectivity index (χ0n) is 11.5. The summed E-state index contributed by atoms with van der Waals surface area (Å²) in [5, 5.41) is 9.02. The van der Waals surface area contributed by atoms with Crippen LogP contribution in [0.5, 0.6) is 0 Å². The second-order valence-electron chi connectivity index (χ2n) is 4.96. The van der Waals surface area contributed by atoms with E-state index in [0.29, 0.717) is 5.56 Å². The molecule has 1 aromatic heterocycles. The van der Waals surface area contributed by atoms with Gasteiger partial charge in [0.2, 0.25) is 0 Å². The molecule has 0 spiro atoms. The van der Waals surface area contributed by atoms with Crippen LogP contribution in [-0.4, -0.2) is 49.1 Å². The predicted octanol–water partition coefficient (Wildman–Crippen LogP) is 1.55. The van der Waals surface area contributed by atoms with Gasteiger partial charge in [-0.1, -0.05) is 0 Å². The summed E-state index contributed by atoms with van der Waals surface area (Å²) in [4.78, 5) is 11.1. The molecule has 2 unspecified atom stereocenters. The van der Waals surface area contributed by atoms with Gasteiger partial charge in [0.1, 0.15) is 9.09 Å². The molecular weight excluding hydrogens is 302 g/mol. The third-order valence-corrected chi connectivity index (χ3v) is 6.58. The van der Waals surface area contributed by atoms with Crippen LogP contribution in [-0.2, 0) is 14.8 Å². The Morgan fingerprint density at radius 1 is 1.40 bits per heavy atom. The maximum absolute atomic E-state index is 12.6. The van der Waals surface area contributed by atoms with E-state index in [9.17, 15) is 13.2 Å². The average Bonchev–Trinajstić information content (AvgIpc) is 2.70. The minimum absolute atomic E-state index is 0.0675. The number of hydrogen-bond donors (Lipinski definition) is 1. The van der Waals surface area contributed by atoms with E-state index < -0.39 is 16.0 Å². The Morgan fingerprint density at radius 3 is 2.40 bits per heavy atom. The minimum Gasteiger partial charge on any atom is -0.477 e. The van der Waals surface area contributed by atoms with E-state index in [-0.39, 0.29) is 34.4 Å². The fraction of sp³-hybridized carbons (Fsp3) is 0.583. The Labute approximate surface area is 122 Å². The number of ether oxygens (including phenoxy) is 1. The lowest BCUT2D eigenvalue weighted by molar-refractivity contribution is -0.0440. The van der Waals surface area contributed by atoms with Crippen molar-refractivity contribution in [3.8, 4) is 0 Å². The summed E-state index contributed by atoms with van der Waals surface area (Å²) < 4.78 is 32.1. The average molecular weight is 319 g/mol. The number of morpholine rings is 1. The maximum atomic E-state index is 12.6. The number of sulfonamides is 1. The fourth-order valence-electron chi connectivity index (χ4n) is 2.25. The summed E-state index contributed by atoms with van der Waals surface area (Å²) in [6.45, 7) is 5.81. The summed E-state index contributed by atoms with van der Waals surface area (Å²) in [6.07, 6.45) is -0.345. The number of rotatable bonds is 3. The van der Waals surface area contributed by atoms with Gasteiger partial charge in [0, 0.05) is 13.1 Å². The van der Waals surface area contributed by atoms with E-state index in [1.54, 1.807) is 6.92 Å². The smallest absolute Gasteiger partial charge is 0.346 e. The molecule has 2 heterocycles. The molecule has 0 aromatic carbocycles. The molecule has 0 amide bonds. The summed E-state index contributed by atoms with van der Waals surface area (Å²) in [5.41, 5.74) is 0.468. The molecule has 1 fully saturated rings. The molecule has 1 aromatic rings. The van der Waals surface area contributed by atoms with E-state index in [2.05, 4.69) is 0 Å². The quantitative estimate of drug-likeness (QED) is 0.914. The second-order valence-corrected chi connectivity index (χ2v) is 8.18. The van der Waals surface area contributed by atoms with Crippen LogP contribution in [0.3, 0.4) is 0 Å². The zero-order valence-corrected chi connectivity index (χ0v) is 13.1. The molecule has 2 rings (SSSR count). The van der Waals surface area contributed by atoms with Gasteiger partial charge in [-0.3, -0.25) is 0 Å². The first-order chi connectivity index (χ1) is 9.21. The molecule has 0 radical (unpaired) electrons. The Balaban J connectivity index is 2.35. The maximum Gasteiger partial charge on any atom is 0.346 e. The Morgan fingerprint density at radius 2 is 1.95 bits per heavy atom. The lowest BCUT2D eigenvalue weighted by Gasteiger charge is -2.34. The SMILES string of the molecule is Cc1cc(S(=O)(=O)N2CC(C)OC(C)C2)sc1C(=O)O. The van der Waals surface area contributed by atoms with Crippen molar-refractivity contribution in [2.24, 2.45) is 0 Å². The molecule has 0 bridgehead atoms. The van der Waals surface area contributed by atoms with Gasteiger partial charge in [0.05, 0.1) is 12.2 Å². The van der Waals surface area contributed by atoms with Crippen LogP contribution in [0.1, 0.15) is 29.1 Å². The molecular formula is C12H17NO5S2. The number of carboxylic acid groups (broad SMARTS) is 1. The van der Waals surface area contributed by atoms with Crippen LogP contribution in [0, 0.1) is 6.92 Å². The minimum atomic E-state index is -3.65. The van der Waals surface area contributed by atoms with Crippen LogP contribution >= 0.6 is 11.3 Å². The van der Waals surface area contributed by atoms with Gasteiger partial charge in [-0.15, -0.1) is 11.3 Å². The summed E-state index contributed by atoms with van der Waals surface area (Å²) in [5.74, 6) is -1.10. The molecule has 112 valence electrons. The molecule has 1 saturated heterocycles. The van der Waals surface area contributed by atoms with Gasteiger partial charge in [-0.05, 0) is 32.4 Å². The van der Waals surface area contributed by atoms with Gasteiger partial charge in [-0.25, -0.2) is 13.2 Å². The standard InChI is InChI=1S/C12H17NO5S2/c1-7-4-10(19-11(7)12(14)15)20(16,17)13-5-8(2)18-9(3)6-13/h4,8-9H,5-6H2,1-3H3,(H,14,15). The van der Waals surface area contributed by atoms with Crippen LogP contribution < -0.4 is 0 Å². The number of hydrogen-bond acceptors (Lipinski definition) is 5. The Hall–Kier alpha value is -0.960. The highest BCUT2D eigenvalue weighted by molar-refractivity contribution is 7.91. The van der Waals surface area contributed by atoms with Crippen molar-refractivity contribution in [3.63, 3.8) is 0 Å². The zero-order chi connectivity index (χ0) is 15.1. The van der Waals surface area contributed by atoms with Crippen molar-refractivity contribution in [3.05, 3.63) is 16.5 Å². The van der Waals surface area contributed by atoms with Crippen molar-refractivity contribution in [1.82, 2.24) is 4.31 Å². The van der Waals surface area contributed by atoms with E-state index in [4.69, 9.17) is 9.84 Å². The van der Waals surface area contributed by atoms with Gasteiger partial charge < -0.3 is 9.84 Å². The normalized spacial score (nSPS) is 24.8. The first-order valence-electron chi connectivity index (χ1n) is 6.21. The van der Waals surface area contributed by atoms with E-state index in [1.165, 1.54) is 10.4 Å². The van der Waals surface area contributed by atoms with E-state index >= 15 is 0 Å². The molecule has 8 heteroatoms. The summed E-state index contributed by atoms with van der Waals surface area (Å²) in [7, 11) is -3.65.